The number of likely N-dealkylation sites (tertiary alicyclic amines) is 1. The fourth-order valence-electron chi connectivity index (χ4n) is 2.44. The molecule has 1 saturated heterocycles. The van der Waals surface area contributed by atoms with E-state index in [1.165, 1.54) is 6.20 Å². The van der Waals surface area contributed by atoms with Crippen LogP contribution in [0.1, 0.15) is 19.3 Å². The second kappa shape index (κ2) is 6.27. The second-order valence-electron chi connectivity index (χ2n) is 5.18. The molecule has 114 valence electrons. The Morgan fingerprint density at radius 3 is 3.05 bits per heavy atom. The van der Waals surface area contributed by atoms with Gasteiger partial charge >= 0.3 is 0 Å². The summed E-state index contributed by atoms with van der Waals surface area (Å²) >= 11 is 5.87. The molecule has 0 bridgehead atoms. The summed E-state index contributed by atoms with van der Waals surface area (Å²) in [7, 11) is 0. The predicted octanol–water partition coefficient (Wildman–Crippen LogP) is 2.23. The fourth-order valence-corrected chi connectivity index (χ4v) is 2.60. The summed E-state index contributed by atoms with van der Waals surface area (Å²) in [4.78, 5) is 33.5. The van der Waals surface area contributed by atoms with Gasteiger partial charge in [0.1, 0.15) is 5.82 Å². The van der Waals surface area contributed by atoms with E-state index in [0.717, 1.165) is 18.4 Å². The molecule has 2 amide bonds. The maximum atomic E-state index is 11.9. The molecule has 3 heterocycles. The van der Waals surface area contributed by atoms with E-state index in [2.05, 4.69) is 15.3 Å². The van der Waals surface area contributed by atoms with Crippen molar-refractivity contribution in [3.05, 3.63) is 29.4 Å². The Bertz CT molecular complexity index is 735. The van der Waals surface area contributed by atoms with Crippen LogP contribution >= 0.6 is 11.6 Å². The Morgan fingerprint density at radius 1 is 1.41 bits per heavy atom. The van der Waals surface area contributed by atoms with Crippen LogP contribution in [0.3, 0.4) is 0 Å². The van der Waals surface area contributed by atoms with Gasteiger partial charge in [-0.15, -0.1) is 0 Å². The summed E-state index contributed by atoms with van der Waals surface area (Å²) in [6.07, 6.45) is 3.24. The summed E-state index contributed by atoms with van der Waals surface area (Å²) in [6, 6.07) is 5.28. The standard InChI is InChI=1S/C15H15ClN4O2/c16-11-8-10-3-4-12(19-15(10)17-9-11)18-13(21)5-7-20-6-1-2-14(20)22/h3-4,8-9H,1-2,5-7H2,(H,17,18,19,21). The highest BCUT2D eigenvalue weighted by atomic mass is 35.5. The van der Waals surface area contributed by atoms with Crippen LogP contribution in [-0.4, -0.2) is 39.8 Å². The van der Waals surface area contributed by atoms with Gasteiger partial charge in [0.2, 0.25) is 11.8 Å². The third kappa shape index (κ3) is 3.33. The van der Waals surface area contributed by atoms with Crippen LogP contribution in [0.15, 0.2) is 24.4 Å². The fraction of sp³-hybridized carbons (Fsp3) is 0.333. The molecule has 2 aromatic heterocycles. The molecule has 1 fully saturated rings. The van der Waals surface area contributed by atoms with E-state index in [9.17, 15) is 9.59 Å². The number of aromatic nitrogens is 2. The van der Waals surface area contributed by atoms with Gasteiger partial charge in [-0.3, -0.25) is 9.59 Å². The number of carbonyl (C=O) groups excluding carboxylic acids is 2. The minimum absolute atomic E-state index is 0.123. The average Bonchev–Trinajstić information content (AvgIpc) is 2.91. The predicted molar refractivity (Wildman–Crippen MR) is 83.6 cm³/mol. The molecule has 0 atom stereocenters. The summed E-state index contributed by atoms with van der Waals surface area (Å²) in [5.74, 6) is 0.401. The van der Waals surface area contributed by atoms with Crippen molar-refractivity contribution in [2.75, 3.05) is 18.4 Å². The van der Waals surface area contributed by atoms with Gasteiger partial charge in [0.05, 0.1) is 5.02 Å². The van der Waals surface area contributed by atoms with Gasteiger partial charge in [0.15, 0.2) is 5.65 Å². The molecule has 0 radical (unpaired) electrons. The Balaban J connectivity index is 1.61. The van der Waals surface area contributed by atoms with Crippen LogP contribution in [0.25, 0.3) is 11.0 Å². The number of nitrogens with zero attached hydrogens (tertiary/aromatic N) is 3. The maximum absolute atomic E-state index is 11.9. The zero-order valence-electron chi connectivity index (χ0n) is 11.9. The van der Waals surface area contributed by atoms with Crippen molar-refractivity contribution in [1.82, 2.24) is 14.9 Å². The number of rotatable bonds is 4. The number of halogens is 1. The number of hydrogen-bond acceptors (Lipinski definition) is 4. The van der Waals surface area contributed by atoms with Gasteiger partial charge in [-0.2, -0.15) is 0 Å². The number of anilines is 1. The minimum atomic E-state index is -0.166. The third-order valence-corrected chi connectivity index (χ3v) is 3.76. The van der Waals surface area contributed by atoms with Crippen LogP contribution in [-0.2, 0) is 9.59 Å². The van der Waals surface area contributed by atoms with Crippen LogP contribution in [0.5, 0.6) is 0 Å². The molecule has 0 spiro atoms. The summed E-state index contributed by atoms with van der Waals surface area (Å²) < 4.78 is 0. The van der Waals surface area contributed by atoms with Gasteiger partial charge in [0.25, 0.3) is 0 Å². The van der Waals surface area contributed by atoms with Crippen LogP contribution in [0.4, 0.5) is 5.82 Å². The Hall–Kier alpha value is -2.21. The molecule has 1 aliphatic rings. The van der Waals surface area contributed by atoms with Crippen LogP contribution in [0, 0.1) is 0 Å². The largest absolute Gasteiger partial charge is 0.342 e. The van der Waals surface area contributed by atoms with Crippen LogP contribution < -0.4 is 5.32 Å². The molecule has 1 N–H and O–H groups in total. The first kappa shape index (κ1) is 14.7. The summed E-state index contributed by atoms with van der Waals surface area (Å²) in [6.45, 7) is 1.19. The smallest absolute Gasteiger partial charge is 0.227 e. The minimum Gasteiger partial charge on any atom is -0.342 e. The molecule has 3 rings (SSSR count). The topological polar surface area (TPSA) is 75.2 Å². The molecule has 22 heavy (non-hydrogen) atoms. The molecule has 1 aliphatic heterocycles. The highest BCUT2D eigenvalue weighted by Gasteiger charge is 2.20. The van der Waals surface area contributed by atoms with Gasteiger partial charge in [-0.25, -0.2) is 9.97 Å². The SMILES string of the molecule is O=C(CCN1CCCC1=O)Nc1ccc2cc(Cl)cnc2n1. The van der Waals surface area contributed by atoms with Gasteiger partial charge < -0.3 is 10.2 Å². The Kier molecular flexibility index (Phi) is 4.20. The lowest BCUT2D eigenvalue weighted by molar-refractivity contribution is -0.128. The van der Waals surface area contributed by atoms with Crippen molar-refractivity contribution in [2.45, 2.75) is 19.3 Å². The normalized spacial score (nSPS) is 14.6. The van der Waals surface area contributed by atoms with E-state index in [4.69, 9.17) is 11.6 Å². The molecular formula is C15H15ClN4O2. The van der Waals surface area contributed by atoms with E-state index in [0.29, 0.717) is 29.5 Å². The Labute approximate surface area is 132 Å². The molecule has 6 nitrogen and oxygen atoms in total. The molecule has 0 unspecified atom stereocenters. The first-order valence-electron chi connectivity index (χ1n) is 7.12. The maximum Gasteiger partial charge on any atom is 0.227 e. The number of carbonyl (C=O) groups is 2. The first-order valence-corrected chi connectivity index (χ1v) is 7.49. The van der Waals surface area contributed by atoms with E-state index in [1.807, 2.05) is 0 Å². The zero-order chi connectivity index (χ0) is 15.5. The Morgan fingerprint density at radius 2 is 2.27 bits per heavy atom. The molecule has 0 aromatic carbocycles. The molecule has 2 aromatic rings. The monoisotopic (exact) mass is 318 g/mol. The average molecular weight is 319 g/mol. The van der Waals surface area contributed by atoms with Crippen molar-refractivity contribution in [2.24, 2.45) is 0 Å². The highest BCUT2D eigenvalue weighted by Crippen LogP contribution is 2.17. The lowest BCUT2D eigenvalue weighted by Gasteiger charge is -2.14. The second-order valence-corrected chi connectivity index (χ2v) is 5.62. The molecule has 0 aliphatic carbocycles. The number of hydrogen-bond donors (Lipinski definition) is 1. The van der Waals surface area contributed by atoms with Gasteiger partial charge in [-0.1, -0.05) is 11.6 Å². The summed E-state index contributed by atoms with van der Waals surface area (Å²) in [5, 5.41) is 4.08. The number of nitrogens with one attached hydrogen (secondary N) is 1. The first-order chi connectivity index (χ1) is 10.6. The third-order valence-electron chi connectivity index (χ3n) is 3.56. The lowest BCUT2D eigenvalue weighted by Crippen LogP contribution is -2.28. The van der Waals surface area contributed by atoms with Crippen molar-refractivity contribution in [3.8, 4) is 0 Å². The van der Waals surface area contributed by atoms with Gasteiger partial charge in [-0.05, 0) is 24.6 Å². The van der Waals surface area contributed by atoms with E-state index in [1.54, 1.807) is 23.1 Å². The van der Waals surface area contributed by atoms with Crippen molar-refractivity contribution < 1.29 is 9.59 Å². The quantitative estimate of drug-likeness (QED) is 0.938. The van der Waals surface area contributed by atoms with E-state index < -0.39 is 0 Å². The molecular weight excluding hydrogens is 304 g/mol. The van der Waals surface area contributed by atoms with E-state index in [-0.39, 0.29) is 18.2 Å². The van der Waals surface area contributed by atoms with E-state index >= 15 is 0 Å². The lowest BCUT2D eigenvalue weighted by atomic mass is 10.3. The number of fused-ring (bicyclic) bond motifs is 1. The highest BCUT2D eigenvalue weighted by molar-refractivity contribution is 6.31. The molecule has 0 saturated carbocycles. The van der Waals surface area contributed by atoms with Crippen molar-refractivity contribution >= 4 is 40.3 Å². The molecule has 7 heteroatoms. The van der Waals surface area contributed by atoms with Crippen LogP contribution in [0.2, 0.25) is 5.02 Å². The number of amides is 2. The van der Waals surface area contributed by atoms with Crippen molar-refractivity contribution in [1.29, 1.82) is 0 Å². The van der Waals surface area contributed by atoms with Crippen molar-refractivity contribution in [3.63, 3.8) is 0 Å². The number of pyridine rings is 2. The van der Waals surface area contributed by atoms with Gasteiger partial charge in [0, 0.05) is 37.5 Å². The summed E-state index contributed by atoms with van der Waals surface area (Å²) in [5.41, 5.74) is 0.525. The zero-order valence-corrected chi connectivity index (χ0v) is 12.6.